The molecule has 1 aliphatic heterocycles. The van der Waals surface area contributed by atoms with Gasteiger partial charge in [0.1, 0.15) is 5.82 Å². The zero-order valence-electron chi connectivity index (χ0n) is 15.4. The van der Waals surface area contributed by atoms with Gasteiger partial charge in [0.15, 0.2) is 0 Å². The lowest BCUT2D eigenvalue weighted by atomic mass is 9.96. The number of likely N-dealkylation sites (tertiary alicyclic amines) is 1. The second kappa shape index (κ2) is 8.00. The van der Waals surface area contributed by atoms with Crippen LogP contribution in [-0.4, -0.2) is 43.4 Å². The predicted molar refractivity (Wildman–Crippen MR) is 105 cm³/mol. The Morgan fingerprint density at radius 3 is 2.93 bits per heavy atom. The van der Waals surface area contributed by atoms with Crippen molar-refractivity contribution in [2.24, 2.45) is 0 Å². The molecule has 0 spiro atoms. The molecule has 1 saturated heterocycles. The SMILES string of the molecule is Cc1nc(CC(=O)N2CCC[C@@H](c3nccn3Cc3ccncc3)C2)cs1. The Labute approximate surface area is 162 Å². The highest BCUT2D eigenvalue weighted by molar-refractivity contribution is 7.09. The molecule has 1 atom stereocenters. The topological polar surface area (TPSA) is 63.9 Å². The molecule has 0 unspecified atom stereocenters. The van der Waals surface area contributed by atoms with E-state index in [-0.39, 0.29) is 11.8 Å². The molecule has 1 aliphatic rings. The maximum absolute atomic E-state index is 12.7. The number of pyridine rings is 1. The van der Waals surface area contributed by atoms with E-state index in [9.17, 15) is 4.79 Å². The van der Waals surface area contributed by atoms with Gasteiger partial charge in [-0.15, -0.1) is 11.3 Å². The molecule has 3 aromatic heterocycles. The Morgan fingerprint density at radius 1 is 1.30 bits per heavy atom. The number of imidazole rings is 1. The van der Waals surface area contributed by atoms with E-state index in [1.165, 1.54) is 5.56 Å². The van der Waals surface area contributed by atoms with Crippen molar-refractivity contribution in [1.29, 1.82) is 0 Å². The number of aryl methyl sites for hydroxylation is 1. The number of aromatic nitrogens is 4. The number of hydrogen-bond donors (Lipinski definition) is 0. The first kappa shape index (κ1) is 17.9. The molecule has 1 amide bonds. The molecule has 0 radical (unpaired) electrons. The molecule has 6 nitrogen and oxygen atoms in total. The van der Waals surface area contributed by atoms with E-state index >= 15 is 0 Å². The molecule has 0 saturated carbocycles. The van der Waals surface area contributed by atoms with Crippen LogP contribution in [0, 0.1) is 6.92 Å². The molecule has 4 heterocycles. The Morgan fingerprint density at radius 2 is 2.15 bits per heavy atom. The van der Waals surface area contributed by atoms with Crippen molar-refractivity contribution >= 4 is 17.2 Å². The van der Waals surface area contributed by atoms with Crippen molar-refractivity contribution < 1.29 is 4.79 Å². The monoisotopic (exact) mass is 381 g/mol. The van der Waals surface area contributed by atoms with Crippen LogP contribution >= 0.6 is 11.3 Å². The standard InChI is InChI=1S/C20H23N5OS/c1-15-23-18(14-27-15)11-19(26)24-9-2-3-17(13-24)20-22-8-10-25(20)12-16-4-6-21-7-5-16/h4-8,10,14,17H,2-3,9,11-13H2,1H3/t17-/m1/s1. The summed E-state index contributed by atoms with van der Waals surface area (Å²) in [5.74, 6) is 1.50. The van der Waals surface area contributed by atoms with Gasteiger partial charge < -0.3 is 9.47 Å². The third-order valence-electron chi connectivity index (χ3n) is 4.99. The van der Waals surface area contributed by atoms with Crippen molar-refractivity contribution in [3.8, 4) is 0 Å². The minimum Gasteiger partial charge on any atom is -0.342 e. The average molecular weight is 382 g/mol. The lowest BCUT2D eigenvalue weighted by Gasteiger charge is -2.32. The van der Waals surface area contributed by atoms with E-state index in [0.29, 0.717) is 6.42 Å². The normalized spacial score (nSPS) is 17.2. The van der Waals surface area contributed by atoms with E-state index in [1.807, 2.05) is 54.1 Å². The van der Waals surface area contributed by atoms with Crippen molar-refractivity contribution in [2.75, 3.05) is 13.1 Å². The fourth-order valence-corrected chi connectivity index (χ4v) is 4.28. The maximum atomic E-state index is 12.7. The Hall–Kier alpha value is -2.54. The molecule has 0 aromatic carbocycles. The smallest absolute Gasteiger partial charge is 0.228 e. The lowest BCUT2D eigenvalue weighted by molar-refractivity contribution is -0.131. The summed E-state index contributed by atoms with van der Waals surface area (Å²) in [5, 5.41) is 2.99. The van der Waals surface area contributed by atoms with Gasteiger partial charge in [0.25, 0.3) is 0 Å². The maximum Gasteiger partial charge on any atom is 0.228 e. The van der Waals surface area contributed by atoms with Crippen LogP contribution in [-0.2, 0) is 17.8 Å². The summed E-state index contributed by atoms with van der Waals surface area (Å²) in [6.45, 7) is 4.30. The minimum atomic E-state index is 0.164. The van der Waals surface area contributed by atoms with Gasteiger partial charge in [-0.25, -0.2) is 9.97 Å². The first-order valence-corrected chi connectivity index (χ1v) is 10.2. The number of carbonyl (C=O) groups is 1. The van der Waals surface area contributed by atoms with E-state index < -0.39 is 0 Å². The first-order valence-electron chi connectivity index (χ1n) is 9.28. The third-order valence-corrected chi connectivity index (χ3v) is 5.81. The Balaban J connectivity index is 1.44. The highest BCUT2D eigenvalue weighted by Crippen LogP contribution is 2.27. The molecule has 0 aliphatic carbocycles. The quantitative estimate of drug-likeness (QED) is 0.681. The predicted octanol–water partition coefficient (Wildman–Crippen LogP) is 3.04. The molecule has 7 heteroatoms. The van der Waals surface area contributed by atoms with Crippen LogP contribution in [0.4, 0.5) is 0 Å². The summed E-state index contributed by atoms with van der Waals surface area (Å²) in [6.07, 6.45) is 9.97. The molecule has 3 aromatic rings. The fraction of sp³-hybridized carbons (Fsp3) is 0.400. The van der Waals surface area contributed by atoms with E-state index in [4.69, 9.17) is 0 Å². The van der Waals surface area contributed by atoms with Crippen molar-refractivity contribution in [1.82, 2.24) is 24.4 Å². The number of carbonyl (C=O) groups excluding carboxylic acids is 1. The summed E-state index contributed by atoms with van der Waals surface area (Å²) in [4.78, 5) is 27.8. The van der Waals surface area contributed by atoms with Gasteiger partial charge in [0, 0.05) is 55.7 Å². The van der Waals surface area contributed by atoms with Gasteiger partial charge >= 0.3 is 0 Å². The number of hydrogen-bond acceptors (Lipinski definition) is 5. The summed E-state index contributed by atoms with van der Waals surface area (Å²) in [7, 11) is 0. The molecule has 1 fully saturated rings. The number of rotatable bonds is 5. The van der Waals surface area contributed by atoms with Gasteiger partial charge in [-0.1, -0.05) is 0 Å². The molecule has 140 valence electrons. The van der Waals surface area contributed by atoms with Gasteiger partial charge in [-0.2, -0.15) is 0 Å². The summed E-state index contributed by atoms with van der Waals surface area (Å²) >= 11 is 1.59. The number of nitrogens with zero attached hydrogens (tertiary/aromatic N) is 5. The van der Waals surface area contributed by atoms with Crippen LogP contribution in [0.3, 0.4) is 0 Å². The molecule has 0 bridgehead atoms. The summed E-state index contributed by atoms with van der Waals surface area (Å²) < 4.78 is 2.19. The fourth-order valence-electron chi connectivity index (χ4n) is 3.67. The van der Waals surface area contributed by atoms with Gasteiger partial charge in [0.05, 0.1) is 17.1 Å². The second-order valence-corrected chi connectivity index (χ2v) is 8.04. The van der Waals surface area contributed by atoms with Crippen LogP contribution < -0.4 is 0 Å². The zero-order valence-corrected chi connectivity index (χ0v) is 16.2. The van der Waals surface area contributed by atoms with Crippen LogP contribution in [0.25, 0.3) is 0 Å². The zero-order chi connectivity index (χ0) is 18.6. The van der Waals surface area contributed by atoms with Gasteiger partial charge in [-0.05, 0) is 37.5 Å². The Bertz CT molecular complexity index is 904. The number of thiazole rings is 1. The van der Waals surface area contributed by atoms with Crippen LogP contribution in [0.2, 0.25) is 0 Å². The van der Waals surface area contributed by atoms with Crippen molar-refractivity contribution in [3.05, 3.63) is 64.4 Å². The van der Waals surface area contributed by atoms with E-state index in [0.717, 1.165) is 49.0 Å². The lowest BCUT2D eigenvalue weighted by Crippen LogP contribution is -2.40. The molecule has 27 heavy (non-hydrogen) atoms. The third kappa shape index (κ3) is 4.24. The average Bonchev–Trinajstić information content (AvgIpc) is 3.31. The van der Waals surface area contributed by atoms with E-state index in [2.05, 4.69) is 19.5 Å². The molecular formula is C20H23N5OS. The Kier molecular flexibility index (Phi) is 5.29. The largest absolute Gasteiger partial charge is 0.342 e. The van der Waals surface area contributed by atoms with Crippen LogP contribution in [0.5, 0.6) is 0 Å². The number of amides is 1. The highest BCUT2D eigenvalue weighted by Gasteiger charge is 2.27. The summed E-state index contributed by atoms with van der Waals surface area (Å²) in [6, 6.07) is 4.05. The highest BCUT2D eigenvalue weighted by atomic mass is 32.1. The molecule has 4 rings (SSSR count). The number of piperidine rings is 1. The first-order chi connectivity index (χ1) is 13.2. The van der Waals surface area contributed by atoms with Gasteiger partial charge in [0.2, 0.25) is 5.91 Å². The van der Waals surface area contributed by atoms with Crippen molar-refractivity contribution in [2.45, 2.75) is 38.6 Å². The summed E-state index contributed by atoms with van der Waals surface area (Å²) in [5.41, 5.74) is 2.08. The molecular weight excluding hydrogens is 358 g/mol. The van der Waals surface area contributed by atoms with E-state index in [1.54, 1.807) is 11.3 Å². The van der Waals surface area contributed by atoms with Crippen LogP contribution in [0.15, 0.2) is 42.3 Å². The van der Waals surface area contributed by atoms with Crippen LogP contribution in [0.1, 0.15) is 40.8 Å². The molecule has 0 N–H and O–H groups in total. The second-order valence-electron chi connectivity index (χ2n) is 6.98. The van der Waals surface area contributed by atoms with Gasteiger partial charge in [-0.3, -0.25) is 9.78 Å². The minimum absolute atomic E-state index is 0.164. The van der Waals surface area contributed by atoms with Crippen molar-refractivity contribution in [3.63, 3.8) is 0 Å².